The zero-order valence-corrected chi connectivity index (χ0v) is 10.7. The second-order valence-corrected chi connectivity index (χ2v) is 4.17. The zero-order valence-electron chi connectivity index (χ0n) is 10.7. The van der Waals surface area contributed by atoms with E-state index in [1.54, 1.807) is 14.0 Å². The number of aliphatic carboxylic acids is 1. The van der Waals surface area contributed by atoms with Gasteiger partial charge in [-0.25, -0.2) is 0 Å². The molecule has 0 amide bonds. The van der Waals surface area contributed by atoms with Crippen LogP contribution in [0, 0.1) is 5.92 Å². The normalized spacial score (nSPS) is 15.1. The zero-order chi connectivity index (χ0) is 12.6. The van der Waals surface area contributed by atoms with Gasteiger partial charge in [-0.1, -0.05) is 6.92 Å². The number of carbonyl (C=O) groups is 1. The van der Waals surface area contributed by atoms with Gasteiger partial charge < -0.3 is 20.1 Å². The van der Waals surface area contributed by atoms with Crippen LogP contribution in [0.1, 0.15) is 13.8 Å². The van der Waals surface area contributed by atoms with E-state index in [0.717, 1.165) is 26.2 Å². The Morgan fingerprint density at radius 2 is 2.06 bits per heavy atom. The monoisotopic (exact) mass is 232 g/mol. The van der Waals surface area contributed by atoms with Crippen molar-refractivity contribution in [1.29, 1.82) is 0 Å². The van der Waals surface area contributed by atoms with Gasteiger partial charge in [0.15, 0.2) is 0 Å². The van der Waals surface area contributed by atoms with Crippen LogP contribution >= 0.6 is 0 Å². The molecule has 0 aromatic heterocycles. The molecule has 0 fully saturated rings. The Hall–Kier alpha value is -0.650. The summed E-state index contributed by atoms with van der Waals surface area (Å²) in [5.41, 5.74) is 0. The van der Waals surface area contributed by atoms with Crippen LogP contribution < -0.4 is 5.32 Å². The van der Waals surface area contributed by atoms with Gasteiger partial charge in [0.1, 0.15) is 0 Å². The largest absolute Gasteiger partial charge is 0.481 e. The van der Waals surface area contributed by atoms with Gasteiger partial charge in [0.25, 0.3) is 0 Å². The van der Waals surface area contributed by atoms with Crippen molar-refractivity contribution in [2.24, 2.45) is 5.92 Å². The van der Waals surface area contributed by atoms with E-state index in [1.807, 2.05) is 14.0 Å². The molecule has 0 bridgehead atoms. The van der Waals surface area contributed by atoms with Crippen molar-refractivity contribution in [2.45, 2.75) is 19.9 Å². The second kappa shape index (κ2) is 8.50. The van der Waals surface area contributed by atoms with E-state index in [9.17, 15) is 4.79 Å². The lowest BCUT2D eigenvalue weighted by atomic mass is 10.0. The van der Waals surface area contributed by atoms with Crippen molar-refractivity contribution in [3.63, 3.8) is 0 Å². The number of rotatable bonds is 9. The summed E-state index contributed by atoms with van der Waals surface area (Å²) in [6, 6.07) is -0.00618. The average molecular weight is 232 g/mol. The van der Waals surface area contributed by atoms with Crippen molar-refractivity contribution >= 4 is 5.97 Å². The first-order valence-electron chi connectivity index (χ1n) is 5.62. The fourth-order valence-corrected chi connectivity index (χ4v) is 1.23. The third-order valence-electron chi connectivity index (χ3n) is 2.78. The number of hydrogen-bond donors (Lipinski definition) is 2. The van der Waals surface area contributed by atoms with Crippen LogP contribution in [-0.4, -0.2) is 62.4 Å². The smallest absolute Gasteiger partial charge is 0.307 e. The lowest BCUT2D eigenvalue weighted by Gasteiger charge is -2.21. The summed E-state index contributed by atoms with van der Waals surface area (Å²) in [5.74, 6) is -1.11. The highest BCUT2D eigenvalue weighted by atomic mass is 16.5. The van der Waals surface area contributed by atoms with Crippen molar-refractivity contribution in [1.82, 2.24) is 10.2 Å². The number of ether oxygens (including phenoxy) is 1. The molecule has 0 aliphatic rings. The topological polar surface area (TPSA) is 61.8 Å². The molecule has 5 nitrogen and oxygen atoms in total. The van der Waals surface area contributed by atoms with Crippen LogP contribution in [0.5, 0.6) is 0 Å². The molecule has 96 valence electrons. The molecule has 0 rings (SSSR count). The van der Waals surface area contributed by atoms with E-state index in [4.69, 9.17) is 9.84 Å². The third-order valence-corrected chi connectivity index (χ3v) is 2.78. The van der Waals surface area contributed by atoms with E-state index in [1.165, 1.54) is 0 Å². The van der Waals surface area contributed by atoms with Gasteiger partial charge in [0.2, 0.25) is 0 Å². The van der Waals surface area contributed by atoms with E-state index >= 15 is 0 Å². The molecular weight excluding hydrogens is 208 g/mol. The molecular formula is C11H24N2O3. The molecule has 0 aromatic rings. The predicted molar refractivity (Wildman–Crippen MR) is 63.6 cm³/mol. The van der Waals surface area contributed by atoms with E-state index in [-0.39, 0.29) is 12.0 Å². The van der Waals surface area contributed by atoms with Gasteiger partial charge in [-0.3, -0.25) is 4.79 Å². The molecule has 0 saturated carbocycles. The highest BCUT2D eigenvalue weighted by molar-refractivity contribution is 5.70. The number of carboxylic acid groups (broad SMARTS) is 1. The minimum atomic E-state index is -0.757. The lowest BCUT2D eigenvalue weighted by molar-refractivity contribution is -0.141. The minimum absolute atomic E-state index is 0.00618. The Kier molecular flexibility index (Phi) is 8.15. The Balaban J connectivity index is 3.61. The van der Waals surface area contributed by atoms with Crippen molar-refractivity contribution in [3.05, 3.63) is 0 Å². The van der Waals surface area contributed by atoms with Crippen LogP contribution in [0.25, 0.3) is 0 Å². The Labute approximate surface area is 97.8 Å². The molecule has 0 heterocycles. The minimum Gasteiger partial charge on any atom is -0.481 e. The summed E-state index contributed by atoms with van der Waals surface area (Å²) >= 11 is 0. The Bertz CT molecular complexity index is 200. The molecule has 2 unspecified atom stereocenters. The first kappa shape index (κ1) is 15.3. The van der Waals surface area contributed by atoms with Crippen LogP contribution in [0.15, 0.2) is 0 Å². The van der Waals surface area contributed by atoms with Crippen molar-refractivity contribution in [2.75, 3.05) is 40.4 Å². The summed E-state index contributed by atoms with van der Waals surface area (Å²) in [6.45, 7) is 6.90. The number of hydrogen-bond acceptors (Lipinski definition) is 4. The van der Waals surface area contributed by atoms with Crippen LogP contribution in [-0.2, 0) is 9.53 Å². The Morgan fingerprint density at radius 3 is 2.56 bits per heavy atom. The molecule has 0 saturated heterocycles. The van der Waals surface area contributed by atoms with Gasteiger partial charge in [-0.05, 0) is 14.0 Å². The molecule has 5 heteroatoms. The van der Waals surface area contributed by atoms with Gasteiger partial charge in [0, 0.05) is 32.8 Å². The van der Waals surface area contributed by atoms with E-state index in [0.29, 0.717) is 0 Å². The number of nitrogens with one attached hydrogen (secondary N) is 1. The van der Waals surface area contributed by atoms with Crippen LogP contribution in [0.2, 0.25) is 0 Å². The SMILES string of the molecule is COCCN(C)CCNC(C)C(C)C(=O)O. The molecule has 2 atom stereocenters. The van der Waals surface area contributed by atoms with Gasteiger partial charge >= 0.3 is 5.97 Å². The maximum absolute atomic E-state index is 10.7. The summed E-state index contributed by atoms with van der Waals surface area (Å²) in [5, 5.41) is 12.0. The number of nitrogens with zero attached hydrogens (tertiary/aromatic N) is 1. The molecule has 0 spiro atoms. The average Bonchev–Trinajstić information content (AvgIpc) is 2.24. The summed E-state index contributed by atoms with van der Waals surface area (Å²) in [7, 11) is 3.70. The summed E-state index contributed by atoms with van der Waals surface area (Å²) in [4.78, 5) is 12.9. The standard InChI is InChI=1S/C11H24N2O3/c1-9(11(14)15)10(2)12-5-6-13(3)7-8-16-4/h9-10,12H,5-8H2,1-4H3,(H,14,15). The Morgan fingerprint density at radius 1 is 1.44 bits per heavy atom. The highest BCUT2D eigenvalue weighted by Crippen LogP contribution is 2.01. The molecule has 0 radical (unpaired) electrons. The second-order valence-electron chi connectivity index (χ2n) is 4.17. The maximum atomic E-state index is 10.7. The number of carboxylic acids is 1. The quantitative estimate of drug-likeness (QED) is 0.597. The number of methoxy groups -OCH3 is 1. The highest BCUT2D eigenvalue weighted by Gasteiger charge is 2.18. The van der Waals surface area contributed by atoms with E-state index in [2.05, 4.69) is 10.2 Å². The lowest BCUT2D eigenvalue weighted by Crippen LogP contribution is -2.40. The molecule has 2 N–H and O–H groups in total. The number of likely N-dealkylation sites (N-methyl/N-ethyl adjacent to an activating group) is 1. The van der Waals surface area contributed by atoms with Gasteiger partial charge in [0.05, 0.1) is 12.5 Å². The third kappa shape index (κ3) is 6.76. The van der Waals surface area contributed by atoms with Crippen molar-refractivity contribution < 1.29 is 14.6 Å². The first-order chi connectivity index (χ1) is 7.49. The fraction of sp³-hybridized carbons (Fsp3) is 0.909. The molecule has 16 heavy (non-hydrogen) atoms. The summed E-state index contributed by atoms with van der Waals surface area (Å²) < 4.78 is 4.97. The van der Waals surface area contributed by atoms with Crippen molar-refractivity contribution in [3.8, 4) is 0 Å². The van der Waals surface area contributed by atoms with Crippen LogP contribution in [0.3, 0.4) is 0 Å². The van der Waals surface area contributed by atoms with E-state index < -0.39 is 5.97 Å². The maximum Gasteiger partial charge on any atom is 0.307 e. The summed E-state index contributed by atoms with van der Waals surface area (Å²) in [6.07, 6.45) is 0. The fourth-order valence-electron chi connectivity index (χ4n) is 1.23. The predicted octanol–water partition coefficient (Wildman–Crippen LogP) is 0.263. The molecule has 0 aliphatic heterocycles. The molecule has 0 aromatic carbocycles. The van der Waals surface area contributed by atoms with Gasteiger partial charge in [-0.15, -0.1) is 0 Å². The molecule has 0 aliphatic carbocycles. The van der Waals surface area contributed by atoms with Gasteiger partial charge in [-0.2, -0.15) is 0 Å². The van der Waals surface area contributed by atoms with Crippen LogP contribution in [0.4, 0.5) is 0 Å². The first-order valence-corrected chi connectivity index (χ1v) is 5.62.